The second kappa shape index (κ2) is 10.6. The van der Waals surface area contributed by atoms with Gasteiger partial charge in [0.05, 0.1) is 24.8 Å². The third kappa shape index (κ3) is 5.98. The molecule has 0 bridgehead atoms. The molecular formula is C25H27F6NO3. The summed E-state index contributed by atoms with van der Waals surface area (Å²) in [6.07, 6.45) is -7.70. The van der Waals surface area contributed by atoms with Crippen LogP contribution in [0.25, 0.3) is 0 Å². The fourth-order valence-electron chi connectivity index (χ4n) is 4.58. The van der Waals surface area contributed by atoms with Crippen LogP contribution in [0.15, 0.2) is 48.5 Å². The van der Waals surface area contributed by atoms with Crippen molar-refractivity contribution in [3.63, 3.8) is 0 Å². The number of carbonyl (C=O) groups is 1. The van der Waals surface area contributed by atoms with Crippen molar-refractivity contribution in [2.45, 2.75) is 63.3 Å². The molecule has 2 atom stereocenters. The average molecular weight is 503 g/mol. The molecule has 2 unspecified atom stereocenters. The summed E-state index contributed by atoms with van der Waals surface area (Å²) in [7, 11) is 1.27. The first kappa shape index (κ1) is 27.0. The lowest BCUT2D eigenvalue weighted by Crippen LogP contribution is -2.57. The fourth-order valence-corrected chi connectivity index (χ4v) is 4.58. The topological polar surface area (TPSA) is 38.8 Å². The molecule has 1 fully saturated rings. The van der Waals surface area contributed by atoms with Gasteiger partial charge < -0.3 is 9.47 Å². The highest BCUT2D eigenvalue weighted by Gasteiger charge is 2.47. The first-order valence-electron chi connectivity index (χ1n) is 11.2. The molecule has 35 heavy (non-hydrogen) atoms. The van der Waals surface area contributed by atoms with Crippen LogP contribution in [-0.4, -0.2) is 30.6 Å². The van der Waals surface area contributed by atoms with Crippen LogP contribution in [0, 0.1) is 0 Å². The number of ether oxygens (including phenoxy) is 2. The SMILES string of the molecule is CCC(C(=O)OC)N1CCCCC1(OCc1cc(C(F)(F)F)cc(C(F)(F)F)c1)c1ccccc1. The number of likely N-dealkylation sites (tertiary alicyclic amines) is 1. The molecule has 1 saturated heterocycles. The Balaban J connectivity index is 2.07. The number of piperidine rings is 1. The number of nitrogens with zero attached hydrogens (tertiary/aromatic N) is 1. The van der Waals surface area contributed by atoms with Gasteiger partial charge in [-0.3, -0.25) is 9.69 Å². The molecule has 2 aromatic rings. The molecule has 4 nitrogen and oxygen atoms in total. The second-order valence-corrected chi connectivity index (χ2v) is 8.45. The summed E-state index contributed by atoms with van der Waals surface area (Å²) in [4.78, 5) is 14.4. The highest BCUT2D eigenvalue weighted by atomic mass is 19.4. The Morgan fingerprint density at radius 2 is 1.60 bits per heavy atom. The van der Waals surface area contributed by atoms with E-state index in [1.54, 1.807) is 37.3 Å². The van der Waals surface area contributed by atoms with E-state index in [9.17, 15) is 31.1 Å². The molecule has 10 heteroatoms. The van der Waals surface area contributed by atoms with E-state index < -0.39 is 47.8 Å². The quantitative estimate of drug-likeness (QED) is 0.318. The van der Waals surface area contributed by atoms with Crippen LogP contribution in [0.5, 0.6) is 0 Å². The number of hydrogen-bond acceptors (Lipinski definition) is 4. The lowest BCUT2D eigenvalue weighted by molar-refractivity contribution is -0.213. The van der Waals surface area contributed by atoms with Crippen molar-refractivity contribution in [3.05, 3.63) is 70.8 Å². The Labute approximate surface area is 199 Å². The van der Waals surface area contributed by atoms with Gasteiger partial charge in [0.25, 0.3) is 0 Å². The van der Waals surface area contributed by atoms with Crippen LogP contribution in [0.4, 0.5) is 26.3 Å². The lowest BCUT2D eigenvalue weighted by Gasteiger charge is -2.49. The Hall–Kier alpha value is -2.59. The molecule has 2 aromatic carbocycles. The monoisotopic (exact) mass is 503 g/mol. The molecule has 1 aliphatic rings. The van der Waals surface area contributed by atoms with Gasteiger partial charge in [-0.2, -0.15) is 26.3 Å². The van der Waals surface area contributed by atoms with Gasteiger partial charge in [0.1, 0.15) is 11.8 Å². The Bertz CT molecular complexity index is 976. The Morgan fingerprint density at radius 3 is 2.11 bits per heavy atom. The lowest BCUT2D eigenvalue weighted by atomic mass is 9.88. The average Bonchev–Trinajstić information content (AvgIpc) is 2.83. The third-order valence-corrected chi connectivity index (χ3v) is 6.21. The molecule has 192 valence electrons. The van der Waals surface area contributed by atoms with Crippen molar-refractivity contribution in [2.75, 3.05) is 13.7 Å². The van der Waals surface area contributed by atoms with Gasteiger partial charge in [0, 0.05) is 6.54 Å². The standard InChI is InChI=1S/C25H27F6NO3/c1-3-21(22(33)34-2)32-12-8-7-11-23(32,18-9-5-4-6-10-18)35-16-17-13-19(24(26,27)28)15-20(14-17)25(29,30)31/h4-6,9-10,13-15,21H,3,7-8,11-12,16H2,1-2H3. The zero-order valence-electron chi connectivity index (χ0n) is 19.4. The predicted octanol–water partition coefficient (Wildman–Crippen LogP) is 6.53. The number of esters is 1. The van der Waals surface area contributed by atoms with E-state index in [1.807, 2.05) is 4.90 Å². The van der Waals surface area contributed by atoms with Crippen molar-refractivity contribution < 1.29 is 40.6 Å². The normalized spacial score (nSPS) is 20.5. The largest absolute Gasteiger partial charge is 0.468 e. The number of rotatable bonds is 7. The predicted molar refractivity (Wildman–Crippen MR) is 116 cm³/mol. The zero-order valence-corrected chi connectivity index (χ0v) is 19.4. The van der Waals surface area contributed by atoms with Crippen LogP contribution < -0.4 is 0 Å². The van der Waals surface area contributed by atoms with E-state index in [1.165, 1.54) is 7.11 Å². The van der Waals surface area contributed by atoms with Gasteiger partial charge in [-0.05, 0) is 55.0 Å². The van der Waals surface area contributed by atoms with E-state index >= 15 is 0 Å². The summed E-state index contributed by atoms with van der Waals surface area (Å²) in [5, 5.41) is 0. The summed E-state index contributed by atoms with van der Waals surface area (Å²) in [5.74, 6) is -0.489. The maximum Gasteiger partial charge on any atom is 0.416 e. The van der Waals surface area contributed by atoms with Crippen molar-refractivity contribution in [2.24, 2.45) is 0 Å². The molecule has 1 aliphatic heterocycles. The van der Waals surface area contributed by atoms with Crippen molar-refractivity contribution >= 4 is 5.97 Å². The molecule has 0 N–H and O–H groups in total. The number of carbonyl (C=O) groups excluding carboxylic acids is 1. The molecule has 0 amide bonds. The molecule has 0 spiro atoms. The van der Waals surface area contributed by atoms with Crippen LogP contribution in [-0.2, 0) is 39.0 Å². The van der Waals surface area contributed by atoms with Crippen LogP contribution >= 0.6 is 0 Å². The third-order valence-electron chi connectivity index (χ3n) is 6.21. The highest BCUT2D eigenvalue weighted by molar-refractivity contribution is 5.75. The summed E-state index contributed by atoms with van der Waals surface area (Å²) in [6.45, 7) is 1.73. The molecule has 0 aromatic heterocycles. The summed E-state index contributed by atoms with van der Waals surface area (Å²) >= 11 is 0. The molecule has 0 saturated carbocycles. The van der Waals surface area contributed by atoms with E-state index in [4.69, 9.17) is 9.47 Å². The number of benzene rings is 2. The van der Waals surface area contributed by atoms with Crippen molar-refractivity contribution in [1.82, 2.24) is 4.90 Å². The van der Waals surface area contributed by atoms with E-state index in [0.717, 1.165) is 6.42 Å². The fraction of sp³-hybridized carbons (Fsp3) is 0.480. The van der Waals surface area contributed by atoms with Crippen LogP contribution in [0.2, 0.25) is 0 Å². The van der Waals surface area contributed by atoms with Gasteiger partial charge in [-0.1, -0.05) is 37.3 Å². The maximum atomic E-state index is 13.3. The van der Waals surface area contributed by atoms with Crippen molar-refractivity contribution in [1.29, 1.82) is 0 Å². The minimum Gasteiger partial charge on any atom is -0.468 e. The number of alkyl halides is 6. The Kier molecular flexibility index (Phi) is 8.16. The first-order valence-corrected chi connectivity index (χ1v) is 11.2. The van der Waals surface area contributed by atoms with Gasteiger partial charge in [0.15, 0.2) is 0 Å². The Morgan fingerprint density at radius 1 is 1.00 bits per heavy atom. The maximum absolute atomic E-state index is 13.3. The van der Waals surface area contributed by atoms with E-state index in [0.29, 0.717) is 43.5 Å². The van der Waals surface area contributed by atoms with Gasteiger partial charge in [-0.15, -0.1) is 0 Å². The van der Waals surface area contributed by atoms with E-state index in [-0.39, 0.29) is 11.6 Å². The first-order chi connectivity index (χ1) is 16.4. The number of halogens is 6. The van der Waals surface area contributed by atoms with E-state index in [2.05, 4.69) is 0 Å². The van der Waals surface area contributed by atoms with Gasteiger partial charge in [0.2, 0.25) is 0 Å². The molecular weight excluding hydrogens is 476 g/mol. The molecule has 1 heterocycles. The molecule has 3 rings (SSSR count). The van der Waals surface area contributed by atoms with Crippen molar-refractivity contribution in [3.8, 4) is 0 Å². The molecule has 0 radical (unpaired) electrons. The zero-order chi connectivity index (χ0) is 25.9. The van der Waals surface area contributed by atoms with Gasteiger partial charge in [-0.25, -0.2) is 0 Å². The summed E-state index contributed by atoms with van der Waals surface area (Å²) < 4.78 is 91.3. The summed E-state index contributed by atoms with van der Waals surface area (Å²) in [6, 6.07) is 9.57. The summed E-state index contributed by atoms with van der Waals surface area (Å²) in [5.41, 5.74) is -3.65. The van der Waals surface area contributed by atoms with Crippen LogP contribution in [0.1, 0.15) is 54.9 Å². The minimum atomic E-state index is -4.96. The number of hydrogen-bond donors (Lipinski definition) is 0. The smallest absolute Gasteiger partial charge is 0.416 e. The van der Waals surface area contributed by atoms with Crippen LogP contribution in [0.3, 0.4) is 0 Å². The highest BCUT2D eigenvalue weighted by Crippen LogP contribution is 2.42. The second-order valence-electron chi connectivity index (χ2n) is 8.45. The van der Waals surface area contributed by atoms with Gasteiger partial charge >= 0.3 is 18.3 Å². The number of methoxy groups -OCH3 is 1. The molecule has 0 aliphatic carbocycles. The minimum absolute atomic E-state index is 0.0910.